The second-order valence-electron chi connectivity index (χ2n) is 3.28. The highest BCUT2D eigenvalue weighted by Gasteiger charge is 2.15. The molecule has 3 nitrogen and oxygen atoms in total. The van der Waals surface area contributed by atoms with Crippen molar-refractivity contribution in [3.63, 3.8) is 0 Å². The van der Waals surface area contributed by atoms with E-state index in [1.165, 1.54) is 0 Å². The number of alkyl halides is 1. The van der Waals surface area contributed by atoms with Gasteiger partial charge in [0.25, 0.3) is 0 Å². The fourth-order valence-electron chi connectivity index (χ4n) is 1.44. The molecule has 1 unspecified atom stereocenters. The minimum Gasteiger partial charge on any atom is -0.379 e. The van der Waals surface area contributed by atoms with E-state index in [1.54, 1.807) is 0 Å². The van der Waals surface area contributed by atoms with E-state index in [0.717, 1.165) is 32.8 Å². The maximum absolute atomic E-state index is 5.49. The van der Waals surface area contributed by atoms with Crippen LogP contribution >= 0.6 is 11.6 Å². The van der Waals surface area contributed by atoms with Crippen LogP contribution in [0.3, 0.4) is 0 Å². The summed E-state index contributed by atoms with van der Waals surface area (Å²) in [5, 5.41) is 0. The van der Waals surface area contributed by atoms with Crippen LogP contribution in [0.1, 0.15) is 6.92 Å². The van der Waals surface area contributed by atoms with Crippen molar-refractivity contribution >= 4 is 11.6 Å². The Hall–Kier alpha value is 0.170. The summed E-state index contributed by atoms with van der Waals surface area (Å²) in [7, 11) is 0. The van der Waals surface area contributed by atoms with Crippen molar-refractivity contribution in [2.24, 2.45) is 0 Å². The molecule has 0 aromatic rings. The van der Waals surface area contributed by atoms with Gasteiger partial charge in [-0.1, -0.05) is 0 Å². The lowest BCUT2D eigenvalue weighted by atomic mass is 10.3. The van der Waals surface area contributed by atoms with E-state index in [4.69, 9.17) is 21.1 Å². The molecule has 1 atom stereocenters. The number of hydrogen-bond acceptors (Lipinski definition) is 3. The fraction of sp³-hybridized carbons (Fsp3) is 1.00. The lowest BCUT2D eigenvalue weighted by molar-refractivity contribution is -0.0263. The first-order valence-electron chi connectivity index (χ1n) is 4.80. The maximum Gasteiger partial charge on any atom is 0.0674 e. The fourth-order valence-corrected chi connectivity index (χ4v) is 1.55. The third-order valence-corrected chi connectivity index (χ3v) is 2.25. The lowest BCUT2D eigenvalue weighted by Crippen LogP contribution is -2.42. The molecule has 1 saturated heterocycles. The molecule has 4 heteroatoms. The van der Waals surface area contributed by atoms with E-state index in [1.807, 2.05) is 0 Å². The summed E-state index contributed by atoms with van der Waals surface area (Å²) in [6, 6.07) is 0. The van der Waals surface area contributed by atoms with Crippen LogP contribution in [0.4, 0.5) is 0 Å². The molecule has 78 valence electrons. The van der Waals surface area contributed by atoms with E-state index in [0.29, 0.717) is 18.6 Å². The Morgan fingerprint density at radius 2 is 2.38 bits per heavy atom. The van der Waals surface area contributed by atoms with Crippen LogP contribution in [-0.2, 0) is 9.47 Å². The predicted octanol–water partition coefficient (Wildman–Crippen LogP) is 0.962. The van der Waals surface area contributed by atoms with Gasteiger partial charge in [-0.15, -0.1) is 11.6 Å². The van der Waals surface area contributed by atoms with Gasteiger partial charge < -0.3 is 9.47 Å². The van der Waals surface area contributed by atoms with E-state index in [-0.39, 0.29) is 0 Å². The van der Waals surface area contributed by atoms with Gasteiger partial charge >= 0.3 is 0 Å². The summed E-state index contributed by atoms with van der Waals surface area (Å²) in [5.41, 5.74) is 0. The number of hydrogen-bond donors (Lipinski definition) is 0. The third kappa shape index (κ3) is 4.81. The number of morpholine rings is 1. The average Bonchev–Trinajstić information content (AvgIpc) is 2.13. The molecule has 0 spiro atoms. The van der Waals surface area contributed by atoms with Crippen molar-refractivity contribution in [3.05, 3.63) is 0 Å². The van der Waals surface area contributed by atoms with Crippen LogP contribution in [0.25, 0.3) is 0 Å². The molecule has 1 aliphatic rings. The summed E-state index contributed by atoms with van der Waals surface area (Å²) in [4.78, 5) is 2.36. The minimum absolute atomic E-state index is 0.363. The average molecular weight is 208 g/mol. The molecule has 1 heterocycles. The predicted molar refractivity (Wildman–Crippen MR) is 53.4 cm³/mol. The Morgan fingerprint density at radius 3 is 3.08 bits per heavy atom. The third-order valence-electron chi connectivity index (χ3n) is 2.10. The minimum atomic E-state index is 0.363. The molecule has 0 radical (unpaired) electrons. The second kappa shape index (κ2) is 6.60. The molecule has 0 aromatic carbocycles. The van der Waals surface area contributed by atoms with Gasteiger partial charge in [0.2, 0.25) is 0 Å². The smallest absolute Gasteiger partial charge is 0.0674 e. The first kappa shape index (κ1) is 11.2. The monoisotopic (exact) mass is 207 g/mol. The summed E-state index contributed by atoms with van der Waals surface area (Å²) in [5.74, 6) is 0.583. The molecule has 0 amide bonds. The van der Waals surface area contributed by atoms with Crippen molar-refractivity contribution in [3.8, 4) is 0 Å². The molecule has 0 saturated carbocycles. The molecule has 0 N–H and O–H groups in total. The van der Waals surface area contributed by atoms with Crippen molar-refractivity contribution in [1.82, 2.24) is 4.90 Å². The zero-order valence-electron chi connectivity index (χ0n) is 8.17. The molecule has 1 rings (SSSR count). The summed E-state index contributed by atoms with van der Waals surface area (Å²) in [6.45, 7) is 7.41. The number of rotatable bonds is 5. The molecule has 1 aliphatic heterocycles. The van der Waals surface area contributed by atoms with E-state index in [2.05, 4.69) is 11.8 Å². The molecule has 13 heavy (non-hydrogen) atoms. The normalized spacial score (nSPS) is 24.9. The van der Waals surface area contributed by atoms with Gasteiger partial charge in [0.05, 0.1) is 25.9 Å². The molecule has 0 aromatic heterocycles. The zero-order valence-corrected chi connectivity index (χ0v) is 8.92. The zero-order chi connectivity index (χ0) is 9.52. The molecular formula is C9H18ClNO2. The first-order valence-corrected chi connectivity index (χ1v) is 5.34. The van der Waals surface area contributed by atoms with Crippen LogP contribution in [0.15, 0.2) is 0 Å². The van der Waals surface area contributed by atoms with Gasteiger partial charge in [-0.25, -0.2) is 0 Å². The van der Waals surface area contributed by atoms with Gasteiger partial charge in [0, 0.05) is 25.5 Å². The van der Waals surface area contributed by atoms with Gasteiger partial charge in [-0.2, -0.15) is 0 Å². The highest BCUT2D eigenvalue weighted by Crippen LogP contribution is 2.03. The summed E-state index contributed by atoms with van der Waals surface area (Å²) in [6.07, 6.45) is 0.363. The maximum atomic E-state index is 5.49. The van der Waals surface area contributed by atoms with Crippen LogP contribution < -0.4 is 0 Å². The summed E-state index contributed by atoms with van der Waals surface area (Å²) < 4.78 is 10.7. The quantitative estimate of drug-likeness (QED) is 0.495. The van der Waals surface area contributed by atoms with Crippen LogP contribution in [0.5, 0.6) is 0 Å². The van der Waals surface area contributed by atoms with Gasteiger partial charge in [0.1, 0.15) is 0 Å². The Kier molecular flexibility index (Phi) is 5.71. The van der Waals surface area contributed by atoms with E-state index in [9.17, 15) is 0 Å². The summed E-state index contributed by atoms with van der Waals surface area (Å²) >= 11 is 5.49. The Labute approximate surface area is 84.9 Å². The van der Waals surface area contributed by atoms with Crippen molar-refractivity contribution in [2.45, 2.75) is 13.0 Å². The number of halogens is 1. The van der Waals surface area contributed by atoms with Crippen molar-refractivity contribution in [1.29, 1.82) is 0 Å². The molecular weight excluding hydrogens is 190 g/mol. The molecule has 0 bridgehead atoms. The molecule has 0 aliphatic carbocycles. The number of nitrogens with zero attached hydrogens (tertiary/aromatic N) is 1. The highest BCUT2D eigenvalue weighted by atomic mass is 35.5. The van der Waals surface area contributed by atoms with Gasteiger partial charge in [-0.05, 0) is 6.92 Å². The van der Waals surface area contributed by atoms with Crippen LogP contribution in [-0.4, -0.2) is 56.3 Å². The lowest BCUT2D eigenvalue weighted by Gasteiger charge is -2.30. The van der Waals surface area contributed by atoms with E-state index < -0.39 is 0 Å². The highest BCUT2D eigenvalue weighted by molar-refractivity contribution is 6.17. The largest absolute Gasteiger partial charge is 0.379 e. The van der Waals surface area contributed by atoms with Crippen LogP contribution in [0, 0.1) is 0 Å². The van der Waals surface area contributed by atoms with Gasteiger partial charge in [0.15, 0.2) is 0 Å². The Balaban J connectivity index is 2.00. The van der Waals surface area contributed by atoms with Crippen LogP contribution in [0.2, 0.25) is 0 Å². The number of ether oxygens (including phenoxy) is 2. The van der Waals surface area contributed by atoms with Gasteiger partial charge in [-0.3, -0.25) is 4.90 Å². The standard InChI is InChI=1S/C9H18ClNO2/c1-9-8-11(4-7-13-9)3-6-12-5-2-10/h9H,2-8H2,1H3. The molecule has 1 fully saturated rings. The van der Waals surface area contributed by atoms with E-state index >= 15 is 0 Å². The Bertz CT molecular complexity index is 135. The Morgan fingerprint density at radius 1 is 1.54 bits per heavy atom. The van der Waals surface area contributed by atoms with Crippen molar-refractivity contribution < 1.29 is 9.47 Å². The topological polar surface area (TPSA) is 21.7 Å². The second-order valence-corrected chi connectivity index (χ2v) is 3.66. The first-order chi connectivity index (χ1) is 6.33. The van der Waals surface area contributed by atoms with Crippen molar-refractivity contribution in [2.75, 3.05) is 45.3 Å². The SMILES string of the molecule is CC1CN(CCOCCCl)CCO1.